The zero-order valence-corrected chi connectivity index (χ0v) is 16.4. The number of rotatable bonds is 5. The second kappa shape index (κ2) is 7.61. The molecule has 1 saturated heterocycles. The van der Waals surface area contributed by atoms with Gasteiger partial charge in [0.15, 0.2) is 0 Å². The van der Waals surface area contributed by atoms with Crippen LogP contribution in [0.4, 0.5) is 0 Å². The largest absolute Gasteiger partial charge is 0.444 e. The Hall–Kier alpha value is -2.15. The van der Waals surface area contributed by atoms with E-state index in [4.69, 9.17) is 4.42 Å². The Bertz CT molecular complexity index is 765. The van der Waals surface area contributed by atoms with Gasteiger partial charge in [0, 0.05) is 19.3 Å². The predicted molar refractivity (Wildman–Crippen MR) is 99.0 cm³/mol. The molecule has 0 spiro atoms. The summed E-state index contributed by atoms with van der Waals surface area (Å²) in [5.41, 5.74) is 3.37. The number of amides is 1. The maximum Gasteiger partial charge on any atom is 0.255 e. The molecule has 142 valence electrons. The molecule has 2 aromatic heterocycles. The van der Waals surface area contributed by atoms with Gasteiger partial charge in [-0.25, -0.2) is 4.98 Å². The van der Waals surface area contributed by atoms with Crippen molar-refractivity contribution in [2.75, 3.05) is 19.6 Å². The standard InChI is InChI=1S/C19H29N5O2/c1-12-15(4)26-17(21-12)11-24-8-6-16(7-9-24)10-20-19(25)18-13(2)22-23(5)14(18)3/h16H,6-11H2,1-5H3,(H,20,25). The molecule has 0 saturated carbocycles. The van der Waals surface area contributed by atoms with Crippen molar-refractivity contribution in [2.45, 2.75) is 47.1 Å². The van der Waals surface area contributed by atoms with Gasteiger partial charge in [0.05, 0.1) is 23.5 Å². The van der Waals surface area contributed by atoms with E-state index < -0.39 is 0 Å². The van der Waals surface area contributed by atoms with Gasteiger partial charge in [-0.05, 0) is 59.5 Å². The highest BCUT2D eigenvalue weighted by molar-refractivity contribution is 5.96. The Morgan fingerprint density at radius 1 is 1.19 bits per heavy atom. The maximum atomic E-state index is 12.5. The summed E-state index contributed by atoms with van der Waals surface area (Å²) in [6.07, 6.45) is 2.15. The lowest BCUT2D eigenvalue weighted by Crippen LogP contribution is -2.38. The van der Waals surface area contributed by atoms with Crippen LogP contribution in [0.1, 0.15) is 51.9 Å². The van der Waals surface area contributed by atoms with Crippen LogP contribution in [0.2, 0.25) is 0 Å². The predicted octanol–water partition coefficient (Wildman–Crippen LogP) is 2.28. The molecule has 26 heavy (non-hydrogen) atoms. The maximum absolute atomic E-state index is 12.5. The van der Waals surface area contributed by atoms with E-state index in [0.717, 1.165) is 67.8 Å². The van der Waals surface area contributed by atoms with E-state index in [2.05, 4.69) is 20.3 Å². The normalized spacial score (nSPS) is 16.2. The lowest BCUT2D eigenvalue weighted by Gasteiger charge is -2.31. The molecule has 0 unspecified atom stereocenters. The number of carbonyl (C=O) groups is 1. The first-order valence-corrected chi connectivity index (χ1v) is 9.28. The second-order valence-electron chi connectivity index (χ2n) is 7.35. The monoisotopic (exact) mass is 359 g/mol. The van der Waals surface area contributed by atoms with Crippen LogP contribution < -0.4 is 5.32 Å². The second-order valence-corrected chi connectivity index (χ2v) is 7.35. The molecule has 1 N–H and O–H groups in total. The van der Waals surface area contributed by atoms with E-state index in [1.165, 1.54) is 0 Å². The smallest absolute Gasteiger partial charge is 0.255 e. The Morgan fingerprint density at radius 2 is 1.88 bits per heavy atom. The number of aromatic nitrogens is 3. The molecule has 2 aromatic rings. The molecule has 7 heteroatoms. The fraction of sp³-hybridized carbons (Fsp3) is 0.632. The SMILES string of the molecule is Cc1nc(CN2CCC(CNC(=O)c3c(C)nn(C)c3C)CC2)oc1C. The lowest BCUT2D eigenvalue weighted by atomic mass is 9.96. The first-order valence-electron chi connectivity index (χ1n) is 9.28. The third-order valence-electron chi connectivity index (χ3n) is 5.43. The van der Waals surface area contributed by atoms with Crippen molar-refractivity contribution in [1.29, 1.82) is 0 Å². The van der Waals surface area contributed by atoms with Crippen LogP contribution in [0.25, 0.3) is 0 Å². The van der Waals surface area contributed by atoms with Crippen LogP contribution in [-0.2, 0) is 13.6 Å². The Kier molecular flexibility index (Phi) is 5.46. The van der Waals surface area contributed by atoms with Gasteiger partial charge in [0.25, 0.3) is 5.91 Å². The topological polar surface area (TPSA) is 76.2 Å². The van der Waals surface area contributed by atoms with Gasteiger partial charge in [-0.2, -0.15) is 5.10 Å². The number of hydrogen-bond donors (Lipinski definition) is 1. The molecular formula is C19H29N5O2. The molecule has 7 nitrogen and oxygen atoms in total. The van der Waals surface area contributed by atoms with Crippen molar-refractivity contribution in [2.24, 2.45) is 13.0 Å². The number of hydrogen-bond acceptors (Lipinski definition) is 5. The highest BCUT2D eigenvalue weighted by atomic mass is 16.4. The van der Waals surface area contributed by atoms with Gasteiger partial charge in [-0.3, -0.25) is 14.4 Å². The summed E-state index contributed by atoms with van der Waals surface area (Å²) < 4.78 is 7.44. The van der Waals surface area contributed by atoms with Gasteiger partial charge < -0.3 is 9.73 Å². The first-order chi connectivity index (χ1) is 12.3. The summed E-state index contributed by atoms with van der Waals surface area (Å²) >= 11 is 0. The van der Waals surface area contributed by atoms with Crippen molar-refractivity contribution in [3.8, 4) is 0 Å². The van der Waals surface area contributed by atoms with E-state index in [9.17, 15) is 4.79 Å². The minimum absolute atomic E-state index is 0.0127. The van der Waals surface area contributed by atoms with E-state index in [-0.39, 0.29) is 5.91 Å². The average Bonchev–Trinajstić information content (AvgIpc) is 3.04. The van der Waals surface area contributed by atoms with Crippen molar-refractivity contribution < 1.29 is 9.21 Å². The Morgan fingerprint density at radius 3 is 2.42 bits per heavy atom. The third-order valence-corrected chi connectivity index (χ3v) is 5.43. The van der Waals surface area contributed by atoms with Gasteiger partial charge >= 0.3 is 0 Å². The number of nitrogens with zero attached hydrogens (tertiary/aromatic N) is 4. The van der Waals surface area contributed by atoms with E-state index in [1.54, 1.807) is 4.68 Å². The van der Waals surface area contributed by atoms with Crippen molar-refractivity contribution >= 4 is 5.91 Å². The number of likely N-dealkylation sites (tertiary alicyclic amines) is 1. The molecule has 1 fully saturated rings. The average molecular weight is 359 g/mol. The van der Waals surface area contributed by atoms with Gasteiger partial charge in [-0.1, -0.05) is 0 Å². The lowest BCUT2D eigenvalue weighted by molar-refractivity contribution is 0.0932. The minimum atomic E-state index is -0.0127. The summed E-state index contributed by atoms with van der Waals surface area (Å²) in [6, 6.07) is 0. The highest BCUT2D eigenvalue weighted by Gasteiger charge is 2.23. The van der Waals surface area contributed by atoms with Crippen LogP contribution in [-0.4, -0.2) is 45.2 Å². The summed E-state index contributed by atoms with van der Waals surface area (Å²) in [5.74, 6) is 2.20. The Balaban J connectivity index is 1.46. The van der Waals surface area contributed by atoms with Crippen LogP contribution in [0.15, 0.2) is 4.42 Å². The third kappa shape index (κ3) is 3.98. The van der Waals surface area contributed by atoms with E-state index in [0.29, 0.717) is 11.5 Å². The van der Waals surface area contributed by atoms with E-state index in [1.807, 2.05) is 34.7 Å². The molecule has 1 aliphatic rings. The van der Waals surface area contributed by atoms with Crippen molar-refractivity contribution in [3.05, 3.63) is 34.3 Å². The molecule has 0 bridgehead atoms. The molecule has 3 heterocycles. The first kappa shape index (κ1) is 18.6. The quantitative estimate of drug-likeness (QED) is 0.886. The molecule has 0 radical (unpaired) electrons. The fourth-order valence-corrected chi connectivity index (χ4v) is 3.57. The summed E-state index contributed by atoms with van der Waals surface area (Å²) in [5, 5.41) is 7.42. The van der Waals surface area contributed by atoms with Crippen LogP contribution in [0.3, 0.4) is 0 Å². The number of carbonyl (C=O) groups excluding carboxylic acids is 1. The molecular weight excluding hydrogens is 330 g/mol. The Labute approximate surface area is 154 Å². The molecule has 0 atom stereocenters. The van der Waals surface area contributed by atoms with Crippen LogP contribution in [0.5, 0.6) is 0 Å². The minimum Gasteiger partial charge on any atom is -0.444 e. The molecule has 0 aliphatic carbocycles. The fourth-order valence-electron chi connectivity index (χ4n) is 3.57. The summed E-state index contributed by atoms with van der Waals surface area (Å²) in [7, 11) is 1.87. The number of piperidine rings is 1. The van der Waals surface area contributed by atoms with Gasteiger partial charge in [0.1, 0.15) is 5.76 Å². The highest BCUT2D eigenvalue weighted by Crippen LogP contribution is 2.20. The number of nitrogens with one attached hydrogen (secondary N) is 1. The van der Waals surface area contributed by atoms with Crippen molar-refractivity contribution in [1.82, 2.24) is 25.0 Å². The van der Waals surface area contributed by atoms with E-state index >= 15 is 0 Å². The molecule has 1 aliphatic heterocycles. The molecule has 3 rings (SSSR count). The zero-order chi connectivity index (χ0) is 18.8. The van der Waals surface area contributed by atoms with Gasteiger partial charge in [0.2, 0.25) is 5.89 Å². The van der Waals surface area contributed by atoms with Gasteiger partial charge in [-0.15, -0.1) is 0 Å². The van der Waals surface area contributed by atoms with Crippen LogP contribution in [0, 0.1) is 33.6 Å². The number of aryl methyl sites for hydroxylation is 4. The summed E-state index contributed by atoms with van der Waals surface area (Å²) in [4.78, 5) is 19.3. The van der Waals surface area contributed by atoms with Crippen LogP contribution >= 0.6 is 0 Å². The summed E-state index contributed by atoms with van der Waals surface area (Å²) in [6.45, 7) is 11.2. The number of oxazole rings is 1. The molecule has 0 aromatic carbocycles. The van der Waals surface area contributed by atoms with Crippen molar-refractivity contribution in [3.63, 3.8) is 0 Å². The molecule has 1 amide bonds. The zero-order valence-electron chi connectivity index (χ0n) is 16.4.